The van der Waals surface area contributed by atoms with Crippen LogP contribution in [0.1, 0.15) is 39.9 Å². The van der Waals surface area contributed by atoms with E-state index in [9.17, 15) is 9.59 Å². The number of hydrogen-bond donors (Lipinski definition) is 0. The third-order valence-corrected chi connectivity index (χ3v) is 4.64. The lowest BCUT2D eigenvalue weighted by atomic mass is 9.96. The standard InChI is InChI=1S/C15H21NO3S/c1-4-19-15(18)12-5-7-16(8-6-12)14(17)13-9-10(2)20-11(13)3/h9,12H,4-8H2,1-3H3. The van der Waals surface area contributed by atoms with Crippen molar-refractivity contribution in [3.8, 4) is 0 Å². The van der Waals surface area contributed by atoms with Gasteiger partial charge in [0.15, 0.2) is 0 Å². The molecule has 1 aliphatic rings. The maximum absolute atomic E-state index is 12.5. The number of esters is 1. The van der Waals surface area contributed by atoms with Crippen molar-refractivity contribution >= 4 is 23.2 Å². The fourth-order valence-electron chi connectivity index (χ4n) is 2.59. The number of carbonyl (C=O) groups is 2. The second-order valence-corrected chi connectivity index (χ2v) is 6.61. The van der Waals surface area contributed by atoms with Crippen molar-refractivity contribution in [3.63, 3.8) is 0 Å². The van der Waals surface area contributed by atoms with Crippen LogP contribution in [-0.2, 0) is 9.53 Å². The Labute approximate surface area is 123 Å². The highest BCUT2D eigenvalue weighted by Crippen LogP contribution is 2.25. The third-order valence-electron chi connectivity index (χ3n) is 3.67. The van der Waals surface area contributed by atoms with Crippen LogP contribution in [0.15, 0.2) is 6.07 Å². The molecule has 0 N–H and O–H groups in total. The molecule has 2 heterocycles. The number of hydrogen-bond acceptors (Lipinski definition) is 4. The molecular formula is C15H21NO3S. The quantitative estimate of drug-likeness (QED) is 0.806. The van der Waals surface area contributed by atoms with Crippen LogP contribution in [0.2, 0.25) is 0 Å². The minimum absolute atomic E-state index is 0.0516. The zero-order valence-corrected chi connectivity index (χ0v) is 13.1. The predicted molar refractivity (Wildman–Crippen MR) is 79.1 cm³/mol. The van der Waals surface area contributed by atoms with Gasteiger partial charge in [-0.2, -0.15) is 0 Å². The average molecular weight is 295 g/mol. The molecule has 0 unspecified atom stereocenters. The molecule has 0 saturated carbocycles. The lowest BCUT2D eigenvalue weighted by Gasteiger charge is -2.30. The van der Waals surface area contributed by atoms with Gasteiger partial charge in [-0.1, -0.05) is 0 Å². The second kappa shape index (κ2) is 6.39. The zero-order valence-electron chi connectivity index (χ0n) is 12.3. The summed E-state index contributed by atoms with van der Waals surface area (Å²) < 4.78 is 5.04. The van der Waals surface area contributed by atoms with Crippen molar-refractivity contribution in [1.82, 2.24) is 4.90 Å². The second-order valence-electron chi connectivity index (χ2n) is 5.15. The van der Waals surface area contributed by atoms with Gasteiger partial charge in [-0.25, -0.2) is 0 Å². The highest BCUT2D eigenvalue weighted by Gasteiger charge is 2.29. The molecule has 1 aromatic rings. The van der Waals surface area contributed by atoms with E-state index >= 15 is 0 Å². The molecule has 1 amide bonds. The minimum Gasteiger partial charge on any atom is -0.466 e. The number of amides is 1. The summed E-state index contributed by atoms with van der Waals surface area (Å²) in [6, 6.07) is 1.96. The van der Waals surface area contributed by atoms with E-state index in [0.29, 0.717) is 32.5 Å². The first kappa shape index (κ1) is 15.0. The van der Waals surface area contributed by atoms with Crippen molar-refractivity contribution in [2.24, 2.45) is 5.92 Å². The van der Waals surface area contributed by atoms with Gasteiger partial charge in [0.1, 0.15) is 0 Å². The first-order valence-corrected chi connectivity index (χ1v) is 7.87. The van der Waals surface area contributed by atoms with Gasteiger partial charge in [-0.15, -0.1) is 11.3 Å². The van der Waals surface area contributed by atoms with E-state index in [-0.39, 0.29) is 17.8 Å². The van der Waals surface area contributed by atoms with E-state index in [1.54, 1.807) is 11.3 Å². The average Bonchev–Trinajstić information content (AvgIpc) is 2.77. The number of rotatable bonds is 3. The van der Waals surface area contributed by atoms with Crippen LogP contribution in [-0.4, -0.2) is 36.5 Å². The molecule has 0 spiro atoms. The summed E-state index contributed by atoms with van der Waals surface area (Å²) in [4.78, 5) is 28.2. The normalized spacial score (nSPS) is 16.2. The summed E-state index contributed by atoms with van der Waals surface area (Å²) in [6.07, 6.45) is 1.40. The van der Waals surface area contributed by atoms with Gasteiger partial charge >= 0.3 is 5.97 Å². The minimum atomic E-state index is -0.123. The maximum Gasteiger partial charge on any atom is 0.309 e. The van der Waals surface area contributed by atoms with E-state index in [1.807, 2.05) is 31.7 Å². The molecule has 2 rings (SSSR count). The van der Waals surface area contributed by atoms with Gasteiger partial charge < -0.3 is 9.64 Å². The van der Waals surface area contributed by atoms with Crippen LogP contribution >= 0.6 is 11.3 Å². The smallest absolute Gasteiger partial charge is 0.309 e. The predicted octanol–water partition coefficient (Wildman–Crippen LogP) is 2.78. The largest absolute Gasteiger partial charge is 0.466 e. The number of piperidine rings is 1. The molecule has 20 heavy (non-hydrogen) atoms. The number of ether oxygens (including phenoxy) is 1. The van der Waals surface area contributed by atoms with E-state index in [2.05, 4.69) is 0 Å². The fraction of sp³-hybridized carbons (Fsp3) is 0.600. The molecule has 1 aliphatic heterocycles. The number of nitrogens with zero attached hydrogens (tertiary/aromatic N) is 1. The Balaban J connectivity index is 1.95. The van der Waals surface area contributed by atoms with E-state index in [4.69, 9.17) is 4.74 Å². The van der Waals surface area contributed by atoms with Gasteiger partial charge in [0.2, 0.25) is 0 Å². The Morgan fingerprint density at radius 2 is 2.00 bits per heavy atom. The number of aryl methyl sites for hydroxylation is 2. The monoisotopic (exact) mass is 295 g/mol. The zero-order chi connectivity index (χ0) is 14.7. The fourth-order valence-corrected chi connectivity index (χ4v) is 3.51. The van der Waals surface area contributed by atoms with E-state index in [0.717, 1.165) is 15.3 Å². The molecule has 1 saturated heterocycles. The Morgan fingerprint density at radius 3 is 2.50 bits per heavy atom. The van der Waals surface area contributed by atoms with Crippen molar-refractivity contribution in [1.29, 1.82) is 0 Å². The van der Waals surface area contributed by atoms with Gasteiger partial charge in [0, 0.05) is 22.8 Å². The Bertz CT molecular complexity index is 501. The molecule has 1 aromatic heterocycles. The van der Waals surface area contributed by atoms with Crippen molar-refractivity contribution in [2.45, 2.75) is 33.6 Å². The molecular weight excluding hydrogens is 274 g/mol. The number of thiophene rings is 1. The van der Waals surface area contributed by atoms with Gasteiger partial charge in [-0.05, 0) is 39.7 Å². The molecule has 0 atom stereocenters. The number of carbonyl (C=O) groups excluding carboxylic acids is 2. The Kier molecular flexibility index (Phi) is 4.81. The van der Waals surface area contributed by atoms with Crippen LogP contribution in [0, 0.1) is 19.8 Å². The van der Waals surface area contributed by atoms with Crippen LogP contribution in [0.5, 0.6) is 0 Å². The van der Waals surface area contributed by atoms with Gasteiger partial charge in [-0.3, -0.25) is 9.59 Å². The van der Waals surface area contributed by atoms with Crippen molar-refractivity contribution < 1.29 is 14.3 Å². The summed E-state index contributed by atoms with van der Waals surface area (Å²) >= 11 is 1.65. The number of likely N-dealkylation sites (tertiary alicyclic amines) is 1. The molecule has 5 heteroatoms. The first-order chi connectivity index (χ1) is 9.52. The third kappa shape index (κ3) is 3.20. The molecule has 0 aliphatic carbocycles. The summed E-state index contributed by atoms with van der Waals surface area (Å²) in [6.45, 7) is 7.51. The topological polar surface area (TPSA) is 46.6 Å². The summed E-state index contributed by atoms with van der Waals surface area (Å²) in [5.74, 6) is -0.0828. The molecule has 0 radical (unpaired) electrons. The lowest BCUT2D eigenvalue weighted by Crippen LogP contribution is -2.40. The highest BCUT2D eigenvalue weighted by atomic mass is 32.1. The summed E-state index contributed by atoms with van der Waals surface area (Å²) in [5, 5.41) is 0. The maximum atomic E-state index is 12.5. The van der Waals surface area contributed by atoms with Gasteiger partial charge in [0.05, 0.1) is 18.1 Å². The van der Waals surface area contributed by atoms with Crippen molar-refractivity contribution in [3.05, 3.63) is 21.4 Å². The van der Waals surface area contributed by atoms with Crippen LogP contribution in [0.4, 0.5) is 0 Å². The molecule has 4 nitrogen and oxygen atoms in total. The molecule has 0 aromatic carbocycles. The SMILES string of the molecule is CCOC(=O)C1CCN(C(=O)c2cc(C)sc2C)CC1. The van der Waals surface area contributed by atoms with E-state index in [1.165, 1.54) is 0 Å². The van der Waals surface area contributed by atoms with Gasteiger partial charge in [0.25, 0.3) is 5.91 Å². The van der Waals surface area contributed by atoms with Crippen LogP contribution in [0.25, 0.3) is 0 Å². The Morgan fingerprint density at radius 1 is 1.35 bits per heavy atom. The molecule has 110 valence electrons. The first-order valence-electron chi connectivity index (χ1n) is 7.05. The van der Waals surface area contributed by atoms with E-state index < -0.39 is 0 Å². The van der Waals surface area contributed by atoms with Crippen LogP contribution < -0.4 is 0 Å². The Hall–Kier alpha value is -1.36. The highest BCUT2D eigenvalue weighted by molar-refractivity contribution is 7.12. The van der Waals surface area contributed by atoms with Crippen molar-refractivity contribution in [2.75, 3.05) is 19.7 Å². The summed E-state index contributed by atoms with van der Waals surface area (Å²) in [7, 11) is 0. The van der Waals surface area contributed by atoms with Crippen LogP contribution in [0.3, 0.4) is 0 Å². The lowest BCUT2D eigenvalue weighted by molar-refractivity contribution is -0.149. The molecule has 1 fully saturated rings. The molecule has 0 bridgehead atoms. The summed E-state index contributed by atoms with van der Waals surface area (Å²) in [5.41, 5.74) is 0.807.